The van der Waals surface area contributed by atoms with Gasteiger partial charge in [-0.3, -0.25) is 0 Å². The van der Waals surface area contributed by atoms with E-state index < -0.39 is 42.8 Å². The molecule has 0 spiro atoms. The van der Waals surface area contributed by atoms with Gasteiger partial charge in [0.1, 0.15) is 0 Å². The maximum Gasteiger partial charge on any atom is 0.346 e. The largest absolute Gasteiger partial charge is 0.479 e. The fraction of sp³-hybridized carbons (Fsp3) is 0.571. The minimum atomic E-state index is -2.47. The topological polar surface area (TPSA) is 162 Å². The lowest BCUT2D eigenvalue weighted by Gasteiger charge is -2.13. The van der Waals surface area contributed by atoms with E-state index in [1.54, 1.807) is 0 Å². The molecule has 0 saturated carbocycles. The van der Waals surface area contributed by atoms with E-state index in [1.807, 2.05) is 0 Å². The molecular formula is C7H10O9. The third-order valence-corrected chi connectivity index (χ3v) is 1.44. The minimum Gasteiger partial charge on any atom is -0.479 e. The van der Waals surface area contributed by atoms with Gasteiger partial charge in [-0.15, -0.1) is 0 Å². The quantitative estimate of drug-likeness (QED) is 0.239. The first-order valence-corrected chi connectivity index (χ1v) is 3.94. The van der Waals surface area contributed by atoms with Crippen LogP contribution < -0.4 is 0 Å². The van der Waals surface area contributed by atoms with Crippen molar-refractivity contribution in [3.05, 3.63) is 0 Å². The summed E-state index contributed by atoms with van der Waals surface area (Å²) in [5.74, 6) is -5.20. The molecule has 5 N–H and O–H groups in total. The van der Waals surface area contributed by atoms with Gasteiger partial charge >= 0.3 is 17.9 Å². The molecule has 0 rings (SSSR count). The zero-order valence-corrected chi connectivity index (χ0v) is 7.81. The van der Waals surface area contributed by atoms with Crippen molar-refractivity contribution in [3.63, 3.8) is 0 Å². The number of carboxylic acid groups (broad SMARTS) is 1. The van der Waals surface area contributed by atoms with Gasteiger partial charge in [0.25, 0.3) is 0 Å². The second-order valence-electron chi connectivity index (χ2n) is 2.67. The molecular weight excluding hydrogens is 228 g/mol. The standard InChI is InChI=1S/C7H10O9/c8-1-2(9)6(14)16-7(15)4(11)3(10)5(12)13/h2-4,8-11H,1H2,(H,12,13). The number of ether oxygens (including phenoxy) is 1. The molecule has 3 unspecified atom stereocenters. The lowest BCUT2D eigenvalue weighted by Crippen LogP contribution is -2.42. The summed E-state index contributed by atoms with van der Waals surface area (Å²) in [6.07, 6.45) is -6.91. The van der Waals surface area contributed by atoms with Crippen LogP contribution in [0.4, 0.5) is 0 Å². The van der Waals surface area contributed by atoms with Crippen molar-refractivity contribution in [2.75, 3.05) is 6.61 Å². The Morgan fingerprint density at radius 1 is 1.00 bits per heavy atom. The normalized spacial score (nSPS) is 16.0. The number of hydrogen-bond acceptors (Lipinski definition) is 8. The van der Waals surface area contributed by atoms with E-state index in [1.165, 1.54) is 0 Å². The smallest absolute Gasteiger partial charge is 0.346 e. The van der Waals surface area contributed by atoms with Gasteiger partial charge in [0.05, 0.1) is 6.61 Å². The summed E-state index contributed by atoms with van der Waals surface area (Å²) in [6, 6.07) is 0. The first-order valence-electron chi connectivity index (χ1n) is 3.94. The highest BCUT2D eigenvalue weighted by Gasteiger charge is 2.33. The van der Waals surface area contributed by atoms with Crippen molar-refractivity contribution in [1.82, 2.24) is 0 Å². The van der Waals surface area contributed by atoms with Gasteiger partial charge in [-0.2, -0.15) is 0 Å². The SMILES string of the molecule is O=C(OC(=O)C(O)C(O)C(=O)O)C(O)CO. The highest BCUT2D eigenvalue weighted by atomic mass is 16.6. The molecule has 0 radical (unpaired) electrons. The molecule has 0 fully saturated rings. The van der Waals surface area contributed by atoms with Crippen LogP contribution in [-0.4, -0.2) is 68.4 Å². The third kappa shape index (κ3) is 3.90. The Labute approximate surface area is 88.5 Å². The zero-order chi connectivity index (χ0) is 12.9. The van der Waals surface area contributed by atoms with Gasteiger partial charge in [-0.25, -0.2) is 14.4 Å². The van der Waals surface area contributed by atoms with Crippen molar-refractivity contribution >= 4 is 17.9 Å². The van der Waals surface area contributed by atoms with Gasteiger partial charge in [0.15, 0.2) is 18.3 Å². The van der Waals surface area contributed by atoms with Gasteiger partial charge in [0.2, 0.25) is 0 Å². The molecule has 0 heterocycles. The van der Waals surface area contributed by atoms with Gasteiger partial charge in [-0.05, 0) is 0 Å². The van der Waals surface area contributed by atoms with Crippen molar-refractivity contribution in [2.24, 2.45) is 0 Å². The van der Waals surface area contributed by atoms with E-state index in [-0.39, 0.29) is 0 Å². The first kappa shape index (κ1) is 14.5. The molecule has 16 heavy (non-hydrogen) atoms. The van der Waals surface area contributed by atoms with Gasteiger partial charge in [0, 0.05) is 0 Å². The number of carboxylic acids is 1. The van der Waals surface area contributed by atoms with Crippen LogP contribution in [0, 0.1) is 0 Å². The van der Waals surface area contributed by atoms with E-state index in [0.29, 0.717) is 0 Å². The summed E-state index contributed by atoms with van der Waals surface area (Å²) in [5.41, 5.74) is 0. The second-order valence-corrected chi connectivity index (χ2v) is 2.67. The molecule has 9 nitrogen and oxygen atoms in total. The second kappa shape index (κ2) is 6.12. The Kier molecular flexibility index (Phi) is 5.53. The summed E-state index contributed by atoms with van der Waals surface area (Å²) in [4.78, 5) is 31.6. The molecule has 0 amide bonds. The highest BCUT2D eigenvalue weighted by molar-refractivity contribution is 5.92. The number of carbonyl (C=O) groups is 3. The number of carbonyl (C=O) groups excluding carboxylic acids is 2. The predicted molar refractivity (Wildman–Crippen MR) is 43.8 cm³/mol. The molecule has 0 aromatic heterocycles. The fourth-order valence-corrected chi connectivity index (χ4v) is 0.566. The van der Waals surface area contributed by atoms with E-state index in [4.69, 9.17) is 25.5 Å². The lowest BCUT2D eigenvalue weighted by atomic mass is 10.2. The van der Waals surface area contributed by atoms with Crippen molar-refractivity contribution < 1.29 is 44.7 Å². The summed E-state index contributed by atoms with van der Waals surface area (Å²) in [6.45, 7) is -1.01. The monoisotopic (exact) mass is 238 g/mol. The molecule has 0 aliphatic heterocycles. The fourth-order valence-electron chi connectivity index (χ4n) is 0.566. The molecule has 0 saturated heterocycles. The first-order chi connectivity index (χ1) is 7.31. The number of aliphatic carboxylic acids is 1. The van der Waals surface area contributed by atoms with Crippen LogP contribution in [0.15, 0.2) is 0 Å². The summed E-state index contributed by atoms with van der Waals surface area (Å²) < 4.78 is 3.77. The molecule has 0 aromatic rings. The molecule has 0 aromatic carbocycles. The van der Waals surface area contributed by atoms with Crippen LogP contribution in [0.1, 0.15) is 0 Å². The van der Waals surface area contributed by atoms with Crippen molar-refractivity contribution in [2.45, 2.75) is 18.3 Å². The Bertz CT molecular complexity index is 286. The number of aliphatic hydroxyl groups excluding tert-OH is 4. The predicted octanol–water partition coefficient (Wildman–Crippen LogP) is -3.78. The molecule has 0 aliphatic carbocycles. The zero-order valence-electron chi connectivity index (χ0n) is 7.81. The number of esters is 2. The van der Waals surface area contributed by atoms with E-state index in [9.17, 15) is 14.4 Å². The van der Waals surface area contributed by atoms with Crippen molar-refractivity contribution in [3.8, 4) is 0 Å². The highest BCUT2D eigenvalue weighted by Crippen LogP contribution is 1.99. The Hall–Kier alpha value is -1.55. The molecule has 0 bridgehead atoms. The molecule has 9 heteroatoms. The molecule has 92 valence electrons. The van der Waals surface area contributed by atoms with Gasteiger partial charge < -0.3 is 30.3 Å². The Balaban J connectivity index is 4.36. The molecule has 3 atom stereocenters. The van der Waals surface area contributed by atoms with E-state index in [0.717, 1.165) is 0 Å². The van der Waals surface area contributed by atoms with E-state index >= 15 is 0 Å². The maximum absolute atomic E-state index is 10.8. The minimum absolute atomic E-state index is 1.01. The summed E-state index contributed by atoms with van der Waals surface area (Å²) in [7, 11) is 0. The Morgan fingerprint density at radius 3 is 1.88 bits per heavy atom. The average molecular weight is 238 g/mol. The number of hydrogen-bond donors (Lipinski definition) is 5. The Morgan fingerprint density at radius 2 is 1.50 bits per heavy atom. The molecule has 0 aliphatic rings. The van der Waals surface area contributed by atoms with Gasteiger partial charge in [-0.1, -0.05) is 0 Å². The van der Waals surface area contributed by atoms with E-state index in [2.05, 4.69) is 4.74 Å². The summed E-state index contributed by atoms with van der Waals surface area (Å²) in [5, 5.41) is 42.7. The maximum atomic E-state index is 10.8. The number of aliphatic hydroxyl groups is 4. The number of rotatable bonds is 5. The third-order valence-electron chi connectivity index (χ3n) is 1.44. The van der Waals surface area contributed by atoms with Crippen LogP contribution in [0.25, 0.3) is 0 Å². The van der Waals surface area contributed by atoms with Crippen LogP contribution in [-0.2, 0) is 19.1 Å². The van der Waals surface area contributed by atoms with Crippen LogP contribution in [0.2, 0.25) is 0 Å². The van der Waals surface area contributed by atoms with Crippen LogP contribution in [0.5, 0.6) is 0 Å². The van der Waals surface area contributed by atoms with Crippen LogP contribution >= 0.6 is 0 Å². The average Bonchev–Trinajstić information content (AvgIpc) is 2.25. The van der Waals surface area contributed by atoms with Crippen molar-refractivity contribution in [1.29, 1.82) is 0 Å². The lowest BCUT2D eigenvalue weighted by molar-refractivity contribution is -0.179. The summed E-state index contributed by atoms with van der Waals surface area (Å²) >= 11 is 0. The van der Waals surface area contributed by atoms with Crippen LogP contribution in [0.3, 0.4) is 0 Å².